The summed E-state index contributed by atoms with van der Waals surface area (Å²) in [6.45, 7) is 2.10. The first-order chi connectivity index (χ1) is 8.84. The Morgan fingerprint density at radius 1 is 1.33 bits per heavy atom. The fraction of sp³-hybridized carbons (Fsp3) is 0.357. The highest BCUT2D eigenvalue weighted by Crippen LogP contribution is 2.32. The minimum atomic E-state index is 0.270. The number of benzene rings is 1. The minimum absolute atomic E-state index is 0.270. The number of rotatable bonds is 3. The average molecular weight is 244 g/mol. The SMILES string of the molecule is Oc1ccccc1-c1cnoc1CC1CCNC1. The van der Waals surface area contributed by atoms with Crippen molar-refractivity contribution in [3.8, 4) is 16.9 Å². The molecule has 18 heavy (non-hydrogen) atoms. The molecule has 4 nitrogen and oxygen atoms in total. The van der Waals surface area contributed by atoms with Crippen LogP contribution in [0.5, 0.6) is 5.75 Å². The monoisotopic (exact) mass is 244 g/mol. The highest BCUT2D eigenvalue weighted by molar-refractivity contribution is 5.70. The van der Waals surface area contributed by atoms with Gasteiger partial charge in [-0.15, -0.1) is 0 Å². The molecule has 2 aromatic rings. The molecule has 0 aliphatic carbocycles. The summed E-state index contributed by atoms with van der Waals surface area (Å²) in [6.07, 6.45) is 3.73. The Kier molecular flexibility index (Phi) is 3.02. The highest BCUT2D eigenvalue weighted by atomic mass is 16.5. The molecular formula is C14H16N2O2. The maximum absolute atomic E-state index is 9.89. The van der Waals surface area contributed by atoms with E-state index in [2.05, 4.69) is 10.5 Å². The Hall–Kier alpha value is -1.81. The topological polar surface area (TPSA) is 58.3 Å². The van der Waals surface area contributed by atoms with Crippen LogP contribution in [0.25, 0.3) is 11.1 Å². The third-order valence-electron chi connectivity index (χ3n) is 3.48. The zero-order chi connectivity index (χ0) is 12.4. The van der Waals surface area contributed by atoms with Crippen molar-refractivity contribution in [2.24, 2.45) is 5.92 Å². The van der Waals surface area contributed by atoms with Crippen molar-refractivity contribution < 1.29 is 9.63 Å². The van der Waals surface area contributed by atoms with Crippen LogP contribution < -0.4 is 5.32 Å². The van der Waals surface area contributed by atoms with Gasteiger partial charge in [0.05, 0.1) is 6.20 Å². The maximum Gasteiger partial charge on any atom is 0.144 e. The third-order valence-corrected chi connectivity index (χ3v) is 3.48. The number of nitrogens with one attached hydrogen (secondary N) is 1. The Labute approximate surface area is 106 Å². The fourth-order valence-corrected chi connectivity index (χ4v) is 2.48. The number of para-hydroxylation sites is 1. The molecule has 1 saturated heterocycles. The summed E-state index contributed by atoms with van der Waals surface area (Å²) in [6, 6.07) is 7.29. The summed E-state index contributed by atoms with van der Waals surface area (Å²) >= 11 is 0. The first kappa shape index (κ1) is 11.3. The van der Waals surface area contributed by atoms with Crippen LogP contribution >= 0.6 is 0 Å². The van der Waals surface area contributed by atoms with Gasteiger partial charge in [-0.1, -0.05) is 23.4 Å². The van der Waals surface area contributed by atoms with Gasteiger partial charge in [0.15, 0.2) is 0 Å². The number of hydrogen-bond donors (Lipinski definition) is 2. The van der Waals surface area contributed by atoms with Gasteiger partial charge in [0.25, 0.3) is 0 Å². The smallest absolute Gasteiger partial charge is 0.144 e. The molecule has 3 rings (SSSR count). The summed E-state index contributed by atoms with van der Waals surface area (Å²) < 4.78 is 5.35. The van der Waals surface area contributed by atoms with Gasteiger partial charge in [0.1, 0.15) is 11.5 Å². The summed E-state index contributed by atoms with van der Waals surface area (Å²) in [5.41, 5.74) is 1.69. The van der Waals surface area contributed by atoms with E-state index in [1.54, 1.807) is 12.3 Å². The summed E-state index contributed by atoms with van der Waals surface area (Å²) in [5, 5.41) is 17.1. The number of aromatic nitrogens is 1. The molecule has 94 valence electrons. The minimum Gasteiger partial charge on any atom is -0.507 e. The van der Waals surface area contributed by atoms with E-state index < -0.39 is 0 Å². The summed E-state index contributed by atoms with van der Waals surface area (Å²) in [7, 11) is 0. The van der Waals surface area contributed by atoms with Crippen LogP contribution in [0.4, 0.5) is 0 Å². The van der Waals surface area contributed by atoms with E-state index in [0.29, 0.717) is 5.92 Å². The van der Waals surface area contributed by atoms with E-state index in [1.165, 1.54) is 6.42 Å². The van der Waals surface area contributed by atoms with Crippen molar-refractivity contribution in [3.05, 3.63) is 36.2 Å². The second-order valence-electron chi connectivity index (χ2n) is 4.74. The number of hydrogen-bond acceptors (Lipinski definition) is 4. The van der Waals surface area contributed by atoms with Crippen LogP contribution in [0.15, 0.2) is 35.0 Å². The molecule has 2 N–H and O–H groups in total. The van der Waals surface area contributed by atoms with Crippen LogP contribution in [0.1, 0.15) is 12.2 Å². The van der Waals surface area contributed by atoms with Gasteiger partial charge in [0, 0.05) is 17.5 Å². The molecule has 1 atom stereocenters. The van der Waals surface area contributed by atoms with Crippen LogP contribution in [-0.2, 0) is 6.42 Å². The second-order valence-corrected chi connectivity index (χ2v) is 4.74. The maximum atomic E-state index is 9.89. The lowest BCUT2D eigenvalue weighted by atomic mass is 9.98. The molecule has 0 amide bonds. The number of phenolic OH excluding ortho intramolecular Hbond substituents is 1. The van der Waals surface area contributed by atoms with E-state index >= 15 is 0 Å². The Morgan fingerprint density at radius 2 is 2.22 bits per heavy atom. The molecule has 1 unspecified atom stereocenters. The predicted molar refractivity (Wildman–Crippen MR) is 68.3 cm³/mol. The largest absolute Gasteiger partial charge is 0.507 e. The molecule has 0 bridgehead atoms. The second kappa shape index (κ2) is 4.82. The van der Waals surface area contributed by atoms with Crippen molar-refractivity contribution in [3.63, 3.8) is 0 Å². The molecule has 1 aliphatic rings. The fourth-order valence-electron chi connectivity index (χ4n) is 2.48. The molecule has 0 radical (unpaired) electrons. The average Bonchev–Trinajstić information content (AvgIpc) is 3.02. The van der Waals surface area contributed by atoms with Crippen LogP contribution in [0.2, 0.25) is 0 Å². The van der Waals surface area contributed by atoms with Gasteiger partial charge in [-0.25, -0.2) is 0 Å². The number of phenols is 1. The van der Waals surface area contributed by atoms with E-state index in [4.69, 9.17) is 4.52 Å². The molecular weight excluding hydrogens is 228 g/mol. The van der Waals surface area contributed by atoms with Gasteiger partial charge < -0.3 is 14.9 Å². The van der Waals surface area contributed by atoms with Crippen LogP contribution in [0, 0.1) is 5.92 Å². The van der Waals surface area contributed by atoms with Crippen LogP contribution in [0.3, 0.4) is 0 Å². The first-order valence-corrected chi connectivity index (χ1v) is 6.27. The van der Waals surface area contributed by atoms with Gasteiger partial charge in [-0.2, -0.15) is 0 Å². The van der Waals surface area contributed by atoms with Gasteiger partial charge in [0.2, 0.25) is 0 Å². The zero-order valence-electron chi connectivity index (χ0n) is 10.1. The lowest BCUT2D eigenvalue weighted by Gasteiger charge is -2.07. The van der Waals surface area contributed by atoms with E-state index in [1.807, 2.05) is 18.2 Å². The highest BCUT2D eigenvalue weighted by Gasteiger charge is 2.20. The van der Waals surface area contributed by atoms with Crippen molar-refractivity contribution in [1.29, 1.82) is 0 Å². The molecule has 1 aromatic carbocycles. The quantitative estimate of drug-likeness (QED) is 0.869. The van der Waals surface area contributed by atoms with E-state index in [9.17, 15) is 5.11 Å². The summed E-state index contributed by atoms with van der Waals surface area (Å²) in [5.74, 6) is 1.74. The molecule has 0 spiro atoms. The van der Waals surface area contributed by atoms with E-state index in [0.717, 1.165) is 36.4 Å². The molecule has 1 aromatic heterocycles. The van der Waals surface area contributed by atoms with Crippen molar-refractivity contribution in [2.75, 3.05) is 13.1 Å². The van der Waals surface area contributed by atoms with Gasteiger partial charge in [-0.05, 0) is 31.5 Å². The molecule has 1 aliphatic heterocycles. The Bertz CT molecular complexity index is 530. The first-order valence-electron chi connectivity index (χ1n) is 6.27. The number of nitrogens with zero attached hydrogens (tertiary/aromatic N) is 1. The van der Waals surface area contributed by atoms with Gasteiger partial charge >= 0.3 is 0 Å². The molecule has 1 fully saturated rings. The lowest BCUT2D eigenvalue weighted by Crippen LogP contribution is -2.10. The molecule has 0 saturated carbocycles. The Balaban J connectivity index is 1.89. The predicted octanol–water partition coefficient (Wildman–Crippen LogP) is 2.20. The van der Waals surface area contributed by atoms with E-state index in [-0.39, 0.29) is 5.75 Å². The van der Waals surface area contributed by atoms with Gasteiger partial charge in [-0.3, -0.25) is 0 Å². The van der Waals surface area contributed by atoms with Crippen molar-refractivity contribution >= 4 is 0 Å². The number of aromatic hydroxyl groups is 1. The summed E-state index contributed by atoms with van der Waals surface area (Å²) in [4.78, 5) is 0. The lowest BCUT2D eigenvalue weighted by molar-refractivity contribution is 0.364. The molecule has 4 heteroatoms. The normalized spacial score (nSPS) is 19.2. The zero-order valence-corrected chi connectivity index (χ0v) is 10.1. The standard InChI is InChI=1S/C14H16N2O2/c17-13-4-2-1-3-11(13)12-9-16-18-14(12)7-10-5-6-15-8-10/h1-4,9-10,15,17H,5-8H2. The van der Waals surface area contributed by atoms with Crippen LogP contribution in [-0.4, -0.2) is 23.4 Å². The van der Waals surface area contributed by atoms with Crippen molar-refractivity contribution in [1.82, 2.24) is 10.5 Å². The Morgan fingerprint density at radius 3 is 3.00 bits per heavy atom. The third kappa shape index (κ3) is 2.11. The van der Waals surface area contributed by atoms with Crippen molar-refractivity contribution in [2.45, 2.75) is 12.8 Å². The molecule has 2 heterocycles.